The predicted octanol–water partition coefficient (Wildman–Crippen LogP) is 3.19. The van der Waals surface area contributed by atoms with Gasteiger partial charge in [-0.15, -0.1) is 6.58 Å². The summed E-state index contributed by atoms with van der Waals surface area (Å²) in [4.78, 5) is 11.6. The molecule has 0 saturated carbocycles. The van der Waals surface area contributed by atoms with E-state index in [0.29, 0.717) is 5.75 Å². The molecule has 0 radical (unpaired) electrons. The van der Waals surface area contributed by atoms with E-state index in [1.165, 1.54) is 0 Å². The highest BCUT2D eigenvalue weighted by atomic mass is 16.5. The molecule has 1 aromatic carbocycles. The monoisotopic (exact) mass is 204 g/mol. The van der Waals surface area contributed by atoms with E-state index in [-0.39, 0.29) is 11.9 Å². The highest BCUT2D eigenvalue weighted by molar-refractivity contribution is 5.74. The van der Waals surface area contributed by atoms with Crippen LogP contribution in [0.3, 0.4) is 0 Å². The summed E-state index contributed by atoms with van der Waals surface area (Å²) in [7, 11) is 0. The zero-order valence-corrected chi connectivity index (χ0v) is 8.98. The van der Waals surface area contributed by atoms with Crippen LogP contribution in [-0.2, 0) is 4.79 Å². The van der Waals surface area contributed by atoms with Gasteiger partial charge in [0.2, 0.25) is 0 Å². The third-order valence-electron chi connectivity index (χ3n) is 2.17. The van der Waals surface area contributed by atoms with Crippen LogP contribution in [0.25, 0.3) is 0 Å². The third-order valence-corrected chi connectivity index (χ3v) is 2.17. The maximum absolute atomic E-state index is 11.6. The minimum absolute atomic E-state index is 0.0804. The van der Waals surface area contributed by atoms with Crippen molar-refractivity contribution in [3.8, 4) is 5.75 Å². The van der Waals surface area contributed by atoms with Gasteiger partial charge in [0.1, 0.15) is 5.75 Å². The summed E-state index contributed by atoms with van der Waals surface area (Å²) in [6.07, 6.45) is 3.44. The van der Waals surface area contributed by atoms with Crippen molar-refractivity contribution in [3.05, 3.63) is 43.0 Å². The average molecular weight is 204 g/mol. The molecular formula is C13H16O2. The molecule has 0 amide bonds. The zero-order valence-electron chi connectivity index (χ0n) is 8.98. The van der Waals surface area contributed by atoms with Crippen LogP contribution < -0.4 is 4.74 Å². The molecule has 1 aromatic rings. The van der Waals surface area contributed by atoms with E-state index in [4.69, 9.17) is 4.74 Å². The van der Waals surface area contributed by atoms with Gasteiger partial charge in [0.05, 0.1) is 5.92 Å². The normalized spacial score (nSPS) is 11.8. The molecule has 15 heavy (non-hydrogen) atoms. The van der Waals surface area contributed by atoms with Crippen molar-refractivity contribution < 1.29 is 9.53 Å². The van der Waals surface area contributed by atoms with Crippen LogP contribution in [-0.4, -0.2) is 5.97 Å². The SMILES string of the molecule is C=CCCC(C)C(=O)Oc1ccccc1. The third kappa shape index (κ3) is 3.98. The maximum Gasteiger partial charge on any atom is 0.314 e. The lowest BCUT2D eigenvalue weighted by Gasteiger charge is -2.09. The Balaban J connectivity index is 2.45. The Morgan fingerprint density at radius 3 is 2.73 bits per heavy atom. The van der Waals surface area contributed by atoms with E-state index in [1.807, 2.05) is 31.2 Å². The zero-order chi connectivity index (χ0) is 11.1. The molecule has 1 atom stereocenters. The van der Waals surface area contributed by atoms with Crippen molar-refractivity contribution in [2.24, 2.45) is 5.92 Å². The fraction of sp³-hybridized carbons (Fsp3) is 0.308. The van der Waals surface area contributed by atoms with E-state index >= 15 is 0 Å². The molecule has 0 fully saturated rings. The number of carbonyl (C=O) groups is 1. The van der Waals surface area contributed by atoms with Crippen molar-refractivity contribution in [2.75, 3.05) is 0 Å². The van der Waals surface area contributed by atoms with E-state index in [1.54, 1.807) is 12.1 Å². The number of para-hydroxylation sites is 1. The summed E-state index contributed by atoms with van der Waals surface area (Å²) in [5.41, 5.74) is 0. The second kappa shape index (κ2) is 6.02. The van der Waals surface area contributed by atoms with Gasteiger partial charge in [-0.25, -0.2) is 0 Å². The van der Waals surface area contributed by atoms with Gasteiger partial charge in [0.15, 0.2) is 0 Å². The van der Waals surface area contributed by atoms with Crippen molar-refractivity contribution in [1.82, 2.24) is 0 Å². The molecule has 80 valence electrons. The summed E-state index contributed by atoms with van der Waals surface area (Å²) < 4.78 is 5.20. The topological polar surface area (TPSA) is 26.3 Å². The van der Waals surface area contributed by atoms with Crippen LogP contribution >= 0.6 is 0 Å². The fourth-order valence-electron chi connectivity index (χ4n) is 1.19. The largest absolute Gasteiger partial charge is 0.426 e. The van der Waals surface area contributed by atoms with Crippen LogP contribution in [0.4, 0.5) is 0 Å². The van der Waals surface area contributed by atoms with Crippen molar-refractivity contribution in [3.63, 3.8) is 0 Å². The molecule has 2 nitrogen and oxygen atoms in total. The Labute approximate surface area is 90.6 Å². The number of carbonyl (C=O) groups excluding carboxylic acids is 1. The molecule has 0 aliphatic carbocycles. The molecule has 1 rings (SSSR count). The molecule has 2 heteroatoms. The summed E-state index contributed by atoms with van der Waals surface area (Å²) in [6, 6.07) is 9.13. The first-order chi connectivity index (χ1) is 7.24. The minimum atomic E-state index is -0.178. The van der Waals surface area contributed by atoms with Gasteiger partial charge in [-0.2, -0.15) is 0 Å². The van der Waals surface area contributed by atoms with Gasteiger partial charge >= 0.3 is 5.97 Å². The number of esters is 1. The van der Waals surface area contributed by atoms with E-state index in [0.717, 1.165) is 12.8 Å². The van der Waals surface area contributed by atoms with Gasteiger partial charge < -0.3 is 4.74 Å². The van der Waals surface area contributed by atoms with Crippen molar-refractivity contribution in [1.29, 1.82) is 0 Å². The first kappa shape index (κ1) is 11.5. The Hall–Kier alpha value is -1.57. The van der Waals surface area contributed by atoms with Gasteiger partial charge in [-0.1, -0.05) is 31.2 Å². The summed E-state index contributed by atoms with van der Waals surface area (Å²) >= 11 is 0. The highest BCUT2D eigenvalue weighted by Gasteiger charge is 2.13. The lowest BCUT2D eigenvalue weighted by Crippen LogP contribution is -2.17. The van der Waals surface area contributed by atoms with Gasteiger partial charge in [-0.05, 0) is 25.0 Å². The quantitative estimate of drug-likeness (QED) is 0.418. The van der Waals surface area contributed by atoms with Crippen molar-refractivity contribution >= 4 is 5.97 Å². The number of allylic oxidation sites excluding steroid dienone is 1. The predicted molar refractivity (Wildman–Crippen MR) is 60.7 cm³/mol. The van der Waals surface area contributed by atoms with E-state index < -0.39 is 0 Å². The lowest BCUT2D eigenvalue weighted by molar-refractivity contribution is -0.138. The Morgan fingerprint density at radius 1 is 1.47 bits per heavy atom. The molecule has 0 bridgehead atoms. The Morgan fingerprint density at radius 2 is 2.13 bits per heavy atom. The number of rotatable bonds is 5. The van der Waals surface area contributed by atoms with Crippen LogP contribution in [0.2, 0.25) is 0 Å². The maximum atomic E-state index is 11.6. The molecular weight excluding hydrogens is 188 g/mol. The molecule has 0 aliphatic heterocycles. The standard InChI is InChI=1S/C13H16O2/c1-3-4-8-11(2)13(14)15-12-9-6-5-7-10-12/h3,5-7,9-11H,1,4,8H2,2H3. The van der Waals surface area contributed by atoms with Crippen LogP contribution in [0.15, 0.2) is 43.0 Å². The van der Waals surface area contributed by atoms with Gasteiger partial charge in [0, 0.05) is 0 Å². The first-order valence-corrected chi connectivity index (χ1v) is 5.11. The number of hydrogen-bond acceptors (Lipinski definition) is 2. The number of benzene rings is 1. The molecule has 0 aromatic heterocycles. The number of hydrogen-bond donors (Lipinski definition) is 0. The summed E-state index contributed by atoms with van der Waals surface area (Å²) in [5, 5.41) is 0. The molecule has 0 aliphatic rings. The number of ether oxygens (including phenoxy) is 1. The van der Waals surface area contributed by atoms with Crippen LogP contribution in [0.5, 0.6) is 5.75 Å². The molecule has 0 spiro atoms. The lowest BCUT2D eigenvalue weighted by atomic mass is 10.1. The second-order valence-corrected chi connectivity index (χ2v) is 3.50. The van der Waals surface area contributed by atoms with Gasteiger partial charge in [0.25, 0.3) is 0 Å². The smallest absolute Gasteiger partial charge is 0.314 e. The second-order valence-electron chi connectivity index (χ2n) is 3.50. The van der Waals surface area contributed by atoms with Gasteiger partial charge in [-0.3, -0.25) is 4.79 Å². The Kier molecular flexibility index (Phi) is 4.61. The molecule has 0 saturated heterocycles. The summed E-state index contributed by atoms with van der Waals surface area (Å²) in [5.74, 6) is 0.346. The van der Waals surface area contributed by atoms with Crippen molar-refractivity contribution in [2.45, 2.75) is 19.8 Å². The van der Waals surface area contributed by atoms with Crippen LogP contribution in [0, 0.1) is 5.92 Å². The first-order valence-electron chi connectivity index (χ1n) is 5.11. The molecule has 0 heterocycles. The molecule has 1 unspecified atom stereocenters. The molecule has 0 N–H and O–H groups in total. The fourth-order valence-corrected chi connectivity index (χ4v) is 1.19. The minimum Gasteiger partial charge on any atom is -0.426 e. The van der Waals surface area contributed by atoms with E-state index in [9.17, 15) is 4.79 Å². The van der Waals surface area contributed by atoms with Crippen LogP contribution in [0.1, 0.15) is 19.8 Å². The highest BCUT2D eigenvalue weighted by Crippen LogP contribution is 2.13. The Bertz CT molecular complexity index is 317. The average Bonchev–Trinajstić information content (AvgIpc) is 2.27. The van der Waals surface area contributed by atoms with E-state index in [2.05, 4.69) is 6.58 Å². The summed E-state index contributed by atoms with van der Waals surface area (Å²) in [6.45, 7) is 5.49.